The molecule has 0 N–H and O–H groups in total. The summed E-state index contributed by atoms with van der Waals surface area (Å²) >= 11 is 5.45. The number of alkyl halides is 1. The van der Waals surface area contributed by atoms with Crippen LogP contribution in [0.2, 0.25) is 0 Å². The maximum Gasteiger partial charge on any atom is 0.195 e. The van der Waals surface area contributed by atoms with Crippen LogP contribution in [-0.2, 0) is 6.42 Å². The Morgan fingerprint density at radius 3 is 3.00 bits per heavy atom. The number of nitrogens with zero attached hydrogens (tertiary/aromatic N) is 1. The quantitative estimate of drug-likeness (QED) is 0.593. The standard InChI is InChI=1S/C6H8ClNO/c1-5-4-8-6(9-5)2-3-7/h4H,2-3H2,1H3. The van der Waals surface area contributed by atoms with Crippen molar-refractivity contribution < 1.29 is 4.42 Å². The van der Waals surface area contributed by atoms with E-state index in [2.05, 4.69) is 4.98 Å². The highest BCUT2D eigenvalue weighted by Gasteiger charge is 1.96. The average Bonchev–Trinajstić information content (AvgIpc) is 2.17. The molecule has 0 amide bonds. The Morgan fingerprint density at radius 1 is 1.78 bits per heavy atom. The first-order valence-corrected chi connectivity index (χ1v) is 3.33. The summed E-state index contributed by atoms with van der Waals surface area (Å²) in [5.74, 6) is 2.14. The Bertz CT molecular complexity index is 185. The van der Waals surface area contributed by atoms with E-state index >= 15 is 0 Å². The third kappa shape index (κ3) is 1.72. The zero-order chi connectivity index (χ0) is 6.69. The van der Waals surface area contributed by atoms with Crippen molar-refractivity contribution in [1.82, 2.24) is 4.98 Å². The normalized spacial score (nSPS) is 10.0. The molecule has 0 fully saturated rings. The van der Waals surface area contributed by atoms with Crippen molar-refractivity contribution in [2.24, 2.45) is 0 Å². The lowest BCUT2D eigenvalue weighted by Gasteiger charge is -1.84. The Labute approximate surface area is 58.8 Å². The molecule has 9 heavy (non-hydrogen) atoms. The monoisotopic (exact) mass is 145 g/mol. The number of oxazole rings is 1. The molecule has 0 saturated carbocycles. The van der Waals surface area contributed by atoms with Crippen molar-refractivity contribution in [2.45, 2.75) is 13.3 Å². The van der Waals surface area contributed by atoms with Gasteiger partial charge in [0, 0.05) is 12.3 Å². The van der Waals surface area contributed by atoms with Crippen LogP contribution in [0.5, 0.6) is 0 Å². The van der Waals surface area contributed by atoms with Crippen molar-refractivity contribution in [3.05, 3.63) is 17.8 Å². The van der Waals surface area contributed by atoms with Crippen LogP contribution in [0.15, 0.2) is 10.6 Å². The molecule has 1 aromatic rings. The van der Waals surface area contributed by atoms with E-state index in [-0.39, 0.29) is 0 Å². The highest BCUT2D eigenvalue weighted by atomic mass is 35.5. The molecule has 1 rings (SSSR count). The molecule has 0 aliphatic rings. The third-order valence-corrected chi connectivity index (χ3v) is 1.17. The molecule has 0 spiro atoms. The van der Waals surface area contributed by atoms with Crippen molar-refractivity contribution in [3.8, 4) is 0 Å². The summed E-state index contributed by atoms with van der Waals surface area (Å²) in [6, 6.07) is 0. The summed E-state index contributed by atoms with van der Waals surface area (Å²) in [4.78, 5) is 3.95. The molecule has 1 heterocycles. The molecule has 0 radical (unpaired) electrons. The lowest BCUT2D eigenvalue weighted by atomic mass is 10.5. The van der Waals surface area contributed by atoms with E-state index < -0.39 is 0 Å². The van der Waals surface area contributed by atoms with Gasteiger partial charge in [0.2, 0.25) is 0 Å². The summed E-state index contributed by atoms with van der Waals surface area (Å²) in [6.07, 6.45) is 2.41. The fourth-order valence-electron chi connectivity index (χ4n) is 0.598. The van der Waals surface area contributed by atoms with Gasteiger partial charge in [-0.05, 0) is 6.92 Å². The topological polar surface area (TPSA) is 26.0 Å². The van der Waals surface area contributed by atoms with Gasteiger partial charge >= 0.3 is 0 Å². The van der Waals surface area contributed by atoms with Gasteiger partial charge in [-0.25, -0.2) is 4.98 Å². The minimum atomic E-state index is 0.569. The summed E-state index contributed by atoms with van der Waals surface area (Å²) in [5, 5.41) is 0. The molecule has 0 unspecified atom stereocenters. The maximum absolute atomic E-state index is 5.45. The second-order valence-corrected chi connectivity index (χ2v) is 2.18. The first-order valence-electron chi connectivity index (χ1n) is 2.80. The van der Waals surface area contributed by atoms with Gasteiger partial charge in [0.05, 0.1) is 6.20 Å². The summed E-state index contributed by atoms with van der Waals surface area (Å²) < 4.78 is 5.13. The molecule has 0 bridgehead atoms. The van der Waals surface area contributed by atoms with Crippen molar-refractivity contribution in [1.29, 1.82) is 0 Å². The molecule has 3 heteroatoms. The van der Waals surface area contributed by atoms with Gasteiger partial charge in [0.25, 0.3) is 0 Å². The zero-order valence-corrected chi connectivity index (χ0v) is 5.98. The lowest BCUT2D eigenvalue weighted by molar-refractivity contribution is 0.478. The zero-order valence-electron chi connectivity index (χ0n) is 5.22. The second-order valence-electron chi connectivity index (χ2n) is 1.80. The molecule has 0 saturated heterocycles. The predicted octanol–water partition coefficient (Wildman–Crippen LogP) is 1.76. The van der Waals surface area contributed by atoms with Crippen LogP contribution >= 0.6 is 11.6 Å². The first-order chi connectivity index (χ1) is 4.33. The van der Waals surface area contributed by atoms with Gasteiger partial charge in [0.1, 0.15) is 5.76 Å². The molecule has 0 atom stereocenters. The van der Waals surface area contributed by atoms with E-state index in [1.807, 2.05) is 6.92 Å². The van der Waals surface area contributed by atoms with Crippen molar-refractivity contribution in [3.63, 3.8) is 0 Å². The highest BCUT2D eigenvalue weighted by Crippen LogP contribution is 2.02. The van der Waals surface area contributed by atoms with E-state index in [4.69, 9.17) is 16.0 Å². The van der Waals surface area contributed by atoms with Crippen molar-refractivity contribution in [2.75, 3.05) is 5.88 Å². The summed E-state index contributed by atoms with van der Waals surface area (Å²) in [7, 11) is 0. The second kappa shape index (κ2) is 2.87. The smallest absolute Gasteiger partial charge is 0.195 e. The Kier molecular flexibility index (Phi) is 2.11. The number of aromatic nitrogens is 1. The molecule has 0 aromatic carbocycles. The van der Waals surface area contributed by atoms with Crippen molar-refractivity contribution >= 4 is 11.6 Å². The van der Waals surface area contributed by atoms with Crippen LogP contribution in [-0.4, -0.2) is 10.9 Å². The van der Waals surface area contributed by atoms with Crippen LogP contribution in [0, 0.1) is 6.92 Å². The van der Waals surface area contributed by atoms with E-state index in [0.29, 0.717) is 5.88 Å². The minimum Gasteiger partial charge on any atom is -0.446 e. The lowest BCUT2D eigenvalue weighted by Crippen LogP contribution is -1.83. The molecule has 1 aromatic heterocycles. The van der Waals surface area contributed by atoms with Crippen LogP contribution in [0.3, 0.4) is 0 Å². The number of rotatable bonds is 2. The first kappa shape index (κ1) is 6.62. The SMILES string of the molecule is Cc1cnc(CCCl)o1. The Balaban J connectivity index is 2.61. The van der Waals surface area contributed by atoms with E-state index in [1.165, 1.54) is 0 Å². The van der Waals surface area contributed by atoms with Crippen LogP contribution < -0.4 is 0 Å². The van der Waals surface area contributed by atoms with Crippen LogP contribution in [0.4, 0.5) is 0 Å². The molecule has 0 aliphatic heterocycles. The van der Waals surface area contributed by atoms with Gasteiger partial charge in [-0.1, -0.05) is 0 Å². The predicted molar refractivity (Wildman–Crippen MR) is 35.7 cm³/mol. The number of halogens is 1. The average molecular weight is 146 g/mol. The molecular weight excluding hydrogens is 138 g/mol. The van der Waals surface area contributed by atoms with Crippen LogP contribution in [0.1, 0.15) is 11.7 Å². The van der Waals surface area contributed by atoms with E-state index in [9.17, 15) is 0 Å². The summed E-state index contributed by atoms with van der Waals surface area (Å²) in [5.41, 5.74) is 0. The fourth-order valence-corrected chi connectivity index (χ4v) is 0.760. The number of aryl methyl sites for hydroxylation is 2. The minimum absolute atomic E-state index is 0.569. The molecular formula is C6H8ClNO. The Morgan fingerprint density at radius 2 is 2.56 bits per heavy atom. The highest BCUT2D eigenvalue weighted by molar-refractivity contribution is 6.17. The van der Waals surface area contributed by atoms with Gasteiger partial charge in [0.15, 0.2) is 5.89 Å². The van der Waals surface area contributed by atoms with Gasteiger partial charge < -0.3 is 4.42 Å². The van der Waals surface area contributed by atoms with Gasteiger partial charge in [-0.3, -0.25) is 0 Å². The van der Waals surface area contributed by atoms with Gasteiger partial charge in [-0.2, -0.15) is 0 Å². The maximum atomic E-state index is 5.45. The van der Waals surface area contributed by atoms with Gasteiger partial charge in [-0.15, -0.1) is 11.6 Å². The third-order valence-electron chi connectivity index (χ3n) is 0.978. The number of hydrogen-bond acceptors (Lipinski definition) is 2. The largest absolute Gasteiger partial charge is 0.446 e. The number of hydrogen-bond donors (Lipinski definition) is 0. The van der Waals surface area contributed by atoms with E-state index in [0.717, 1.165) is 18.1 Å². The van der Waals surface area contributed by atoms with Crippen LogP contribution in [0.25, 0.3) is 0 Å². The Hall–Kier alpha value is -0.500. The fraction of sp³-hybridized carbons (Fsp3) is 0.500. The molecule has 0 aliphatic carbocycles. The van der Waals surface area contributed by atoms with E-state index in [1.54, 1.807) is 6.20 Å². The summed E-state index contributed by atoms with van der Waals surface area (Å²) in [6.45, 7) is 1.87. The molecule has 2 nitrogen and oxygen atoms in total. The molecule has 50 valence electrons.